The molecule has 3 N–H and O–H groups in total. The van der Waals surface area contributed by atoms with Crippen molar-refractivity contribution in [1.29, 1.82) is 0 Å². The third-order valence-electron chi connectivity index (χ3n) is 5.76. The molecule has 1 fully saturated rings. The van der Waals surface area contributed by atoms with E-state index in [1.165, 1.54) is 17.5 Å². The van der Waals surface area contributed by atoms with Crippen molar-refractivity contribution >= 4 is 22.9 Å². The first-order chi connectivity index (χ1) is 14.8. The minimum atomic E-state index is -0.707. The number of amides is 1. The summed E-state index contributed by atoms with van der Waals surface area (Å²) in [7, 11) is 0. The second-order valence-electron chi connectivity index (χ2n) is 8.28. The lowest BCUT2D eigenvalue weighted by atomic mass is 9.76. The Morgan fingerprint density at radius 3 is 2.81 bits per heavy atom. The van der Waals surface area contributed by atoms with Crippen molar-refractivity contribution in [2.45, 2.75) is 45.1 Å². The molecule has 5 nitrogen and oxygen atoms in total. The molecule has 31 heavy (non-hydrogen) atoms. The highest BCUT2D eigenvalue weighted by molar-refractivity contribution is 7.13. The topological polar surface area (TPSA) is 80.9 Å². The summed E-state index contributed by atoms with van der Waals surface area (Å²) >= 11 is 1.03. The molecule has 0 aliphatic heterocycles. The second kappa shape index (κ2) is 8.80. The van der Waals surface area contributed by atoms with E-state index in [1.807, 2.05) is 6.07 Å². The Kier molecular flexibility index (Phi) is 6.11. The minimum Gasteiger partial charge on any atom is -0.328 e. The Balaban J connectivity index is 1.58. The number of aromatic nitrogens is 2. The SMILES string of the molecule is Cc1ccc(F)c(-c2nc(C(=O)Nc3cnccc3[C@@H]3C[C@H](C)C[C@H](N)C3)cs2)c1F. The number of hydrogen-bond acceptors (Lipinski definition) is 5. The van der Waals surface area contributed by atoms with Gasteiger partial charge in [0, 0.05) is 17.6 Å². The van der Waals surface area contributed by atoms with E-state index in [0.29, 0.717) is 17.2 Å². The first kappa shape index (κ1) is 21.5. The molecular formula is C23H24F2N4OS. The maximum absolute atomic E-state index is 14.4. The van der Waals surface area contributed by atoms with Crippen molar-refractivity contribution in [3.63, 3.8) is 0 Å². The largest absolute Gasteiger partial charge is 0.328 e. The van der Waals surface area contributed by atoms with Crippen LogP contribution in [0.1, 0.15) is 53.7 Å². The molecule has 0 unspecified atom stereocenters. The van der Waals surface area contributed by atoms with Crippen LogP contribution >= 0.6 is 11.3 Å². The molecule has 8 heteroatoms. The number of halogens is 2. The van der Waals surface area contributed by atoms with Crippen LogP contribution < -0.4 is 11.1 Å². The lowest BCUT2D eigenvalue weighted by molar-refractivity contribution is 0.102. The molecule has 2 heterocycles. The van der Waals surface area contributed by atoms with Gasteiger partial charge in [0.1, 0.15) is 22.3 Å². The van der Waals surface area contributed by atoms with Crippen LogP contribution in [0.25, 0.3) is 10.6 Å². The van der Waals surface area contributed by atoms with Gasteiger partial charge in [0.25, 0.3) is 5.91 Å². The van der Waals surface area contributed by atoms with Crippen molar-refractivity contribution in [2.75, 3.05) is 5.32 Å². The number of nitrogens with zero attached hydrogens (tertiary/aromatic N) is 2. The summed E-state index contributed by atoms with van der Waals surface area (Å²) in [6.45, 7) is 3.74. The van der Waals surface area contributed by atoms with E-state index in [9.17, 15) is 13.6 Å². The number of thiazole rings is 1. The number of nitrogens with one attached hydrogen (secondary N) is 1. The third kappa shape index (κ3) is 4.50. The van der Waals surface area contributed by atoms with E-state index in [1.54, 1.807) is 19.3 Å². The fourth-order valence-corrected chi connectivity index (χ4v) is 5.15. The molecule has 4 rings (SSSR count). The van der Waals surface area contributed by atoms with Gasteiger partial charge >= 0.3 is 0 Å². The zero-order chi connectivity index (χ0) is 22.1. The first-order valence-corrected chi connectivity index (χ1v) is 11.1. The first-order valence-electron chi connectivity index (χ1n) is 10.2. The van der Waals surface area contributed by atoms with E-state index < -0.39 is 17.5 Å². The molecule has 1 aliphatic carbocycles. The lowest BCUT2D eigenvalue weighted by Gasteiger charge is -2.32. The fraction of sp³-hybridized carbons (Fsp3) is 0.348. The van der Waals surface area contributed by atoms with Crippen molar-refractivity contribution in [3.05, 3.63) is 64.4 Å². The van der Waals surface area contributed by atoms with Crippen LogP contribution in [0.3, 0.4) is 0 Å². The van der Waals surface area contributed by atoms with Gasteiger partial charge in [-0.15, -0.1) is 11.3 Å². The van der Waals surface area contributed by atoms with Gasteiger partial charge in [-0.25, -0.2) is 13.8 Å². The van der Waals surface area contributed by atoms with Crippen LogP contribution in [0.15, 0.2) is 36.0 Å². The van der Waals surface area contributed by atoms with Crippen LogP contribution in [0, 0.1) is 24.5 Å². The summed E-state index contributed by atoms with van der Waals surface area (Å²) in [5, 5.41) is 4.50. The third-order valence-corrected chi connectivity index (χ3v) is 6.62. The van der Waals surface area contributed by atoms with Crippen LogP contribution in [0.2, 0.25) is 0 Å². The molecule has 0 radical (unpaired) electrons. The predicted molar refractivity (Wildman–Crippen MR) is 118 cm³/mol. The Labute approximate surface area is 183 Å². The summed E-state index contributed by atoms with van der Waals surface area (Å²) in [5.41, 5.74) is 8.03. The molecule has 1 amide bonds. The van der Waals surface area contributed by atoms with Gasteiger partial charge in [0.05, 0.1) is 17.4 Å². The van der Waals surface area contributed by atoms with Gasteiger partial charge in [-0.1, -0.05) is 13.0 Å². The van der Waals surface area contributed by atoms with Gasteiger partial charge in [0.15, 0.2) is 0 Å². The maximum atomic E-state index is 14.4. The predicted octanol–water partition coefficient (Wildman–Crippen LogP) is 5.27. The van der Waals surface area contributed by atoms with Gasteiger partial charge in [0.2, 0.25) is 0 Å². The Bertz CT molecular complexity index is 1110. The number of nitrogens with two attached hydrogens (primary N) is 1. The van der Waals surface area contributed by atoms with Crippen molar-refractivity contribution in [2.24, 2.45) is 11.7 Å². The van der Waals surface area contributed by atoms with Crippen LogP contribution in [-0.2, 0) is 0 Å². The van der Waals surface area contributed by atoms with E-state index in [-0.39, 0.29) is 28.2 Å². The summed E-state index contributed by atoms with van der Waals surface area (Å²) < 4.78 is 28.6. The van der Waals surface area contributed by atoms with Crippen LogP contribution in [0.4, 0.5) is 14.5 Å². The van der Waals surface area contributed by atoms with Gasteiger partial charge in [-0.3, -0.25) is 9.78 Å². The zero-order valence-electron chi connectivity index (χ0n) is 17.4. The molecule has 1 aromatic carbocycles. The molecule has 3 aromatic rings. The van der Waals surface area contributed by atoms with E-state index in [4.69, 9.17) is 5.73 Å². The molecule has 162 valence electrons. The number of carbonyl (C=O) groups excluding carboxylic acids is 1. The number of anilines is 1. The highest BCUT2D eigenvalue weighted by atomic mass is 32.1. The van der Waals surface area contributed by atoms with Crippen molar-refractivity contribution < 1.29 is 13.6 Å². The highest BCUT2D eigenvalue weighted by Gasteiger charge is 2.28. The molecule has 1 saturated carbocycles. The Hall–Kier alpha value is -2.71. The summed E-state index contributed by atoms with van der Waals surface area (Å²) in [4.78, 5) is 21.2. The van der Waals surface area contributed by atoms with Crippen LogP contribution in [-0.4, -0.2) is 21.9 Å². The second-order valence-corrected chi connectivity index (χ2v) is 9.14. The van der Waals surface area contributed by atoms with Crippen LogP contribution in [0.5, 0.6) is 0 Å². The molecule has 0 bridgehead atoms. The average Bonchev–Trinajstić information content (AvgIpc) is 3.21. The zero-order valence-corrected chi connectivity index (χ0v) is 18.2. The normalized spacial score (nSPS) is 21.1. The van der Waals surface area contributed by atoms with Crippen molar-refractivity contribution in [3.8, 4) is 10.6 Å². The quantitative estimate of drug-likeness (QED) is 0.576. The number of aryl methyl sites for hydroxylation is 1. The van der Waals surface area contributed by atoms with E-state index in [0.717, 1.165) is 36.2 Å². The number of carbonyl (C=O) groups is 1. The average molecular weight is 443 g/mol. The maximum Gasteiger partial charge on any atom is 0.275 e. The number of hydrogen-bond donors (Lipinski definition) is 2. The van der Waals surface area contributed by atoms with Gasteiger partial charge in [-0.05, 0) is 61.3 Å². The monoisotopic (exact) mass is 442 g/mol. The molecule has 0 saturated heterocycles. The molecule has 2 aromatic heterocycles. The molecule has 0 spiro atoms. The Morgan fingerprint density at radius 2 is 2.03 bits per heavy atom. The fourth-order valence-electron chi connectivity index (χ4n) is 4.31. The van der Waals surface area contributed by atoms with E-state index >= 15 is 0 Å². The van der Waals surface area contributed by atoms with Crippen molar-refractivity contribution in [1.82, 2.24) is 9.97 Å². The lowest BCUT2D eigenvalue weighted by Crippen LogP contribution is -2.31. The van der Waals surface area contributed by atoms with E-state index in [2.05, 4.69) is 22.2 Å². The minimum absolute atomic E-state index is 0.101. The summed E-state index contributed by atoms with van der Waals surface area (Å²) in [6.07, 6.45) is 6.17. The molecule has 3 atom stereocenters. The molecular weight excluding hydrogens is 418 g/mol. The number of pyridine rings is 1. The summed E-state index contributed by atoms with van der Waals surface area (Å²) in [5.74, 6) is -1.08. The highest BCUT2D eigenvalue weighted by Crippen LogP contribution is 2.38. The Morgan fingerprint density at radius 1 is 1.23 bits per heavy atom. The molecule has 1 aliphatic rings. The smallest absolute Gasteiger partial charge is 0.275 e. The van der Waals surface area contributed by atoms with Gasteiger partial charge in [-0.2, -0.15) is 0 Å². The summed E-state index contributed by atoms with van der Waals surface area (Å²) in [6, 6.07) is 4.62. The van der Waals surface area contributed by atoms with Gasteiger partial charge < -0.3 is 11.1 Å². The standard InChI is InChI=1S/C23H24F2N4OS/c1-12-7-14(9-15(26)8-12)16-5-6-27-10-18(16)28-22(30)19-11-31-23(29-19)20-17(24)4-3-13(2)21(20)25/h3-6,10-12,14-15H,7-9,26H2,1-2H3,(H,28,30)/t12-,14+,15-/m0/s1. The number of benzene rings is 1. The number of rotatable bonds is 4.